The summed E-state index contributed by atoms with van der Waals surface area (Å²) in [4.78, 5) is 3.92. The van der Waals surface area contributed by atoms with Crippen LogP contribution in [0.15, 0.2) is 19.0 Å². The van der Waals surface area contributed by atoms with Crippen molar-refractivity contribution in [2.24, 2.45) is 0 Å². The summed E-state index contributed by atoms with van der Waals surface area (Å²) >= 11 is 0. The lowest BCUT2D eigenvalue weighted by Crippen LogP contribution is -1.49. The van der Waals surface area contributed by atoms with E-state index in [4.69, 9.17) is 0 Å². The zero-order valence-corrected chi connectivity index (χ0v) is 4.39. The van der Waals surface area contributed by atoms with Gasteiger partial charge in [0.25, 0.3) is 0 Å². The fourth-order valence-corrected chi connectivity index (χ4v) is 0.918. The van der Waals surface area contributed by atoms with Crippen LogP contribution in [0.1, 0.15) is 5.56 Å². The Labute approximate surface area is 47.7 Å². The Kier molecular flexibility index (Phi) is 0.478. The van der Waals surface area contributed by atoms with Gasteiger partial charge in [0.05, 0.1) is 0 Å². The summed E-state index contributed by atoms with van der Waals surface area (Å²) in [6, 6.07) is 0. The summed E-state index contributed by atoms with van der Waals surface area (Å²) in [5.74, 6) is 0. The first-order valence-electron chi connectivity index (χ1n) is 2.54. The molecule has 1 nitrogen and oxygen atoms in total. The van der Waals surface area contributed by atoms with Gasteiger partial charge in [-0.1, -0.05) is 12.7 Å². The SMILES string of the molecule is C=Cc1c2cncc1-2. The van der Waals surface area contributed by atoms with E-state index in [-0.39, 0.29) is 0 Å². The van der Waals surface area contributed by atoms with Crippen molar-refractivity contribution in [3.8, 4) is 11.1 Å². The third-order valence-corrected chi connectivity index (χ3v) is 1.42. The summed E-state index contributed by atoms with van der Waals surface area (Å²) in [5, 5.41) is 0. The van der Waals surface area contributed by atoms with Gasteiger partial charge in [-0.15, -0.1) is 0 Å². The number of hydrogen-bond acceptors (Lipinski definition) is 1. The Balaban J connectivity index is 2.63. The maximum Gasteiger partial charge on any atom is 0.0353 e. The molecule has 1 heteroatoms. The van der Waals surface area contributed by atoms with E-state index in [0.717, 1.165) is 0 Å². The summed E-state index contributed by atoms with van der Waals surface area (Å²) in [7, 11) is 0. The van der Waals surface area contributed by atoms with E-state index in [1.165, 1.54) is 16.7 Å². The highest BCUT2D eigenvalue weighted by molar-refractivity contribution is 5.96. The van der Waals surface area contributed by atoms with Crippen molar-refractivity contribution in [3.05, 3.63) is 24.5 Å². The maximum atomic E-state index is 3.92. The van der Waals surface area contributed by atoms with Crippen molar-refractivity contribution in [1.82, 2.24) is 4.98 Å². The number of nitrogens with zero attached hydrogens (tertiary/aromatic N) is 1. The van der Waals surface area contributed by atoms with Crippen LogP contribution in [0.4, 0.5) is 0 Å². The van der Waals surface area contributed by atoms with Crippen molar-refractivity contribution in [2.75, 3.05) is 0 Å². The molecule has 0 saturated heterocycles. The topological polar surface area (TPSA) is 12.9 Å². The molecule has 0 atom stereocenters. The molecule has 0 radical (unpaired) electrons. The van der Waals surface area contributed by atoms with Crippen LogP contribution < -0.4 is 0 Å². The smallest absolute Gasteiger partial charge is 0.0353 e. The quantitative estimate of drug-likeness (QED) is 0.535. The number of hydrogen-bond donors (Lipinski definition) is 0. The molecular formula is C7H5N. The summed E-state index contributed by atoms with van der Waals surface area (Å²) in [6.45, 7) is 3.64. The highest BCUT2D eigenvalue weighted by Crippen LogP contribution is 2.41. The van der Waals surface area contributed by atoms with Gasteiger partial charge in [-0.2, -0.15) is 0 Å². The van der Waals surface area contributed by atoms with E-state index in [2.05, 4.69) is 11.6 Å². The van der Waals surface area contributed by atoms with Crippen LogP contribution in [0.2, 0.25) is 0 Å². The largest absolute Gasteiger partial charge is 0.263 e. The maximum absolute atomic E-state index is 3.92. The molecule has 0 aromatic heterocycles. The standard InChI is InChI=1S/C7H5N/c1-2-5-6-3-8-4-7(5)6/h2-4H,1H2. The molecule has 0 bridgehead atoms. The van der Waals surface area contributed by atoms with Gasteiger partial charge < -0.3 is 0 Å². The summed E-state index contributed by atoms with van der Waals surface area (Å²) in [6.07, 6.45) is 5.60. The van der Waals surface area contributed by atoms with Gasteiger partial charge in [0.1, 0.15) is 0 Å². The third kappa shape index (κ3) is 0.259. The monoisotopic (exact) mass is 103 g/mol. The lowest BCUT2D eigenvalue weighted by atomic mass is 10.5. The summed E-state index contributed by atoms with van der Waals surface area (Å²) < 4.78 is 0. The first kappa shape index (κ1) is 3.84. The Morgan fingerprint density at radius 1 is 1.38 bits per heavy atom. The third-order valence-electron chi connectivity index (χ3n) is 1.42. The molecule has 2 rings (SSSR count). The minimum Gasteiger partial charge on any atom is -0.263 e. The molecule has 2 aliphatic rings. The van der Waals surface area contributed by atoms with Gasteiger partial charge in [-0.3, -0.25) is 4.98 Å². The van der Waals surface area contributed by atoms with Crippen LogP contribution in [0, 0.1) is 0 Å². The molecule has 1 heterocycles. The molecule has 1 aliphatic heterocycles. The number of pyridine rings is 1. The first-order valence-corrected chi connectivity index (χ1v) is 2.54. The van der Waals surface area contributed by atoms with Gasteiger partial charge in [0.15, 0.2) is 0 Å². The number of rotatable bonds is 1. The lowest BCUT2D eigenvalue weighted by Gasteiger charge is -1.62. The van der Waals surface area contributed by atoms with E-state index >= 15 is 0 Å². The Hall–Kier alpha value is -1.11. The van der Waals surface area contributed by atoms with Crippen LogP contribution in [0.25, 0.3) is 17.2 Å². The van der Waals surface area contributed by atoms with Crippen LogP contribution in [0.5, 0.6) is 0 Å². The Bertz CT molecular complexity index is 230. The predicted molar refractivity (Wildman–Crippen MR) is 33.3 cm³/mol. The lowest BCUT2D eigenvalue weighted by molar-refractivity contribution is 1.41. The van der Waals surface area contributed by atoms with Gasteiger partial charge in [0.2, 0.25) is 0 Å². The molecule has 8 heavy (non-hydrogen) atoms. The molecule has 1 aliphatic carbocycles. The van der Waals surface area contributed by atoms with Gasteiger partial charge in [-0.25, -0.2) is 0 Å². The average Bonchev–Trinajstić information content (AvgIpc) is 2.22. The normalized spacial score (nSPS) is 11.0. The molecule has 0 saturated carbocycles. The second-order valence-electron chi connectivity index (χ2n) is 1.85. The highest BCUT2D eigenvalue weighted by Gasteiger charge is 2.20. The second-order valence-corrected chi connectivity index (χ2v) is 1.85. The molecule has 38 valence electrons. The molecule has 0 amide bonds. The first-order chi connectivity index (χ1) is 3.93. The second kappa shape index (κ2) is 0.996. The number of fused-ring (bicyclic) bond motifs is 1. The Morgan fingerprint density at radius 3 is 2.38 bits per heavy atom. The van der Waals surface area contributed by atoms with Crippen molar-refractivity contribution < 1.29 is 0 Å². The van der Waals surface area contributed by atoms with Crippen LogP contribution in [-0.4, -0.2) is 4.98 Å². The minimum atomic E-state index is 1.28. The summed E-state index contributed by atoms with van der Waals surface area (Å²) in [5.41, 5.74) is 3.83. The number of aromatic nitrogens is 1. The van der Waals surface area contributed by atoms with Crippen molar-refractivity contribution in [2.45, 2.75) is 0 Å². The van der Waals surface area contributed by atoms with Crippen LogP contribution in [-0.2, 0) is 0 Å². The molecule has 0 aromatic carbocycles. The van der Waals surface area contributed by atoms with E-state index in [1.807, 2.05) is 18.5 Å². The molecular weight excluding hydrogens is 98.1 g/mol. The molecule has 0 aromatic rings. The van der Waals surface area contributed by atoms with Crippen LogP contribution >= 0.6 is 0 Å². The van der Waals surface area contributed by atoms with Crippen LogP contribution in [0.3, 0.4) is 0 Å². The molecule has 0 N–H and O–H groups in total. The van der Waals surface area contributed by atoms with Crippen molar-refractivity contribution >= 4 is 6.08 Å². The molecule has 0 fully saturated rings. The van der Waals surface area contributed by atoms with Gasteiger partial charge in [0, 0.05) is 23.5 Å². The fourth-order valence-electron chi connectivity index (χ4n) is 0.918. The fraction of sp³-hybridized carbons (Fsp3) is 0. The van der Waals surface area contributed by atoms with Crippen molar-refractivity contribution in [1.29, 1.82) is 0 Å². The Morgan fingerprint density at radius 2 is 2.00 bits per heavy atom. The zero-order chi connectivity index (χ0) is 5.56. The molecule has 0 spiro atoms. The van der Waals surface area contributed by atoms with E-state index in [0.29, 0.717) is 0 Å². The van der Waals surface area contributed by atoms with Gasteiger partial charge in [-0.05, 0) is 5.56 Å². The van der Waals surface area contributed by atoms with Crippen molar-refractivity contribution in [3.63, 3.8) is 0 Å². The zero-order valence-electron chi connectivity index (χ0n) is 4.39. The highest BCUT2D eigenvalue weighted by atomic mass is 14.7. The van der Waals surface area contributed by atoms with E-state index in [1.54, 1.807) is 0 Å². The van der Waals surface area contributed by atoms with Gasteiger partial charge >= 0.3 is 0 Å². The average molecular weight is 103 g/mol. The van der Waals surface area contributed by atoms with E-state index < -0.39 is 0 Å². The minimum absolute atomic E-state index is 1.28. The van der Waals surface area contributed by atoms with E-state index in [9.17, 15) is 0 Å². The molecule has 0 unspecified atom stereocenters. The predicted octanol–water partition coefficient (Wildman–Crippen LogP) is 1.71.